The molecule has 1 fully saturated rings. The van der Waals surface area contributed by atoms with Crippen molar-refractivity contribution in [3.63, 3.8) is 0 Å². The molecule has 0 atom stereocenters. The van der Waals surface area contributed by atoms with E-state index in [0.29, 0.717) is 11.4 Å². The number of morpholine rings is 1. The van der Waals surface area contributed by atoms with Crippen LogP contribution in [0.15, 0.2) is 71.5 Å². The number of aromatic nitrogens is 2. The van der Waals surface area contributed by atoms with Crippen molar-refractivity contribution in [3.05, 3.63) is 82.8 Å². The SMILES string of the molecule is CCN(CC)c1ccc(C=C2CCC(C=C(C#N)c3nc4ccccc4[nH]3)=C2N2CCOCC2)cc1. The summed E-state index contributed by atoms with van der Waals surface area (Å²) >= 11 is 0. The molecule has 1 aliphatic heterocycles. The maximum Gasteiger partial charge on any atom is 0.149 e. The molecule has 6 heteroatoms. The molecule has 2 aromatic carbocycles. The van der Waals surface area contributed by atoms with E-state index in [-0.39, 0.29) is 0 Å². The van der Waals surface area contributed by atoms with Crippen LogP contribution in [-0.2, 0) is 4.74 Å². The molecule has 0 spiro atoms. The van der Waals surface area contributed by atoms with Crippen LogP contribution in [-0.4, -0.2) is 54.3 Å². The maximum atomic E-state index is 10.0. The van der Waals surface area contributed by atoms with Gasteiger partial charge in [0.2, 0.25) is 0 Å². The summed E-state index contributed by atoms with van der Waals surface area (Å²) in [6, 6.07) is 19.1. The van der Waals surface area contributed by atoms with Crippen molar-refractivity contribution < 1.29 is 4.74 Å². The number of rotatable bonds is 7. The number of nitrogens with one attached hydrogen (secondary N) is 1. The van der Waals surface area contributed by atoms with Gasteiger partial charge in [0.15, 0.2) is 0 Å². The lowest BCUT2D eigenvalue weighted by atomic mass is 10.1. The van der Waals surface area contributed by atoms with Crippen LogP contribution >= 0.6 is 0 Å². The van der Waals surface area contributed by atoms with Crippen LogP contribution in [0.3, 0.4) is 0 Å². The lowest BCUT2D eigenvalue weighted by Gasteiger charge is -2.31. The van der Waals surface area contributed by atoms with E-state index in [4.69, 9.17) is 4.74 Å². The Morgan fingerprint density at radius 3 is 2.53 bits per heavy atom. The molecule has 0 amide bonds. The Morgan fingerprint density at radius 2 is 1.83 bits per heavy atom. The van der Waals surface area contributed by atoms with Gasteiger partial charge in [0.05, 0.1) is 29.8 Å². The minimum absolute atomic E-state index is 0.566. The fourth-order valence-corrected chi connectivity index (χ4v) is 5.17. The Kier molecular flexibility index (Phi) is 7.20. The van der Waals surface area contributed by atoms with E-state index in [2.05, 4.69) is 70.0 Å². The number of benzene rings is 2. The van der Waals surface area contributed by atoms with Crippen molar-refractivity contribution in [2.75, 3.05) is 44.3 Å². The van der Waals surface area contributed by atoms with Crippen LogP contribution in [0.5, 0.6) is 0 Å². The monoisotopic (exact) mass is 479 g/mol. The van der Waals surface area contributed by atoms with Crippen LogP contribution in [0, 0.1) is 11.3 Å². The summed E-state index contributed by atoms with van der Waals surface area (Å²) in [5.74, 6) is 0.622. The molecular weight excluding hydrogens is 446 g/mol. The fraction of sp³-hybridized carbons (Fsp3) is 0.333. The molecule has 0 radical (unpaired) electrons. The van der Waals surface area contributed by atoms with E-state index < -0.39 is 0 Å². The van der Waals surface area contributed by atoms with Gasteiger partial charge in [0.25, 0.3) is 0 Å². The molecule has 1 N–H and O–H groups in total. The molecule has 5 rings (SSSR count). The molecule has 1 saturated heterocycles. The first-order chi connectivity index (χ1) is 17.7. The van der Waals surface area contributed by atoms with Gasteiger partial charge in [0, 0.05) is 37.6 Å². The van der Waals surface area contributed by atoms with Crippen molar-refractivity contribution >= 4 is 28.4 Å². The average Bonchev–Trinajstić information content (AvgIpc) is 3.53. The number of anilines is 1. The molecule has 0 bridgehead atoms. The highest BCUT2D eigenvalue weighted by molar-refractivity contribution is 5.83. The number of hydrogen-bond donors (Lipinski definition) is 1. The second-order valence-corrected chi connectivity index (χ2v) is 9.18. The molecule has 2 heterocycles. The number of H-pyrrole nitrogens is 1. The zero-order valence-corrected chi connectivity index (χ0v) is 21.1. The molecule has 3 aromatic rings. The smallest absolute Gasteiger partial charge is 0.149 e. The number of aromatic amines is 1. The van der Waals surface area contributed by atoms with Gasteiger partial charge in [-0.3, -0.25) is 0 Å². The van der Waals surface area contributed by atoms with Gasteiger partial charge in [-0.25, -0.2) is 4.98 Å². The normalized spacial score (nSPS) is 17.8. The van der Waals surface area contributed by atoms with Gasteiger partial charge in [-0.05, 0) is 79.8 Å². The first-order valence-corrected chi connectivity index (χ1v) is 12.9. The molecule has 1 aliphatic carbocycles. The zero-order chi connectivity index (χ0) is 24.9. The second-order valence-electron chi connectivity index (χ2n) is 9.18. The highest BCUT2D eigenvalue weighted by Crippen LogP contribution is 2.37. The summed E-state index contributed by atoms with van der Waals surface area (Å²) in [5.41, 5.74) is 8.60. The maximum absolute atomic E-state index is 10.0. The van der Waals surface area contributed by atoms with Gasteiger partial charge in [-0.2, -0.15) is 5.26 Å². The predicted molar refractivity (Wildman–Crippen MR) is 146 cm³/mol. The van der Waals surface area contributed by atoms with Crippen molar-refractivity contribution in [3.8, 4) is 6.07 Å². The number of imidazole rings is 1. The van der Waals surface area contributed by atoms with E-state index in [1.165, 1.54) is 28.1 Å². The fourth-order valence-electron chi connectivity index (χ4n) is 5.17. The minimum Gasteiger partial charge on any atom is -0.378 e. The summed E-state index contributed by atoms with van der Waals surface area (Å²) < 4.78 is 5.64. The van der Waals surface area contributed by atoms with Crippen molar-refractivity contribution in [1.29, 1.82) is 5.26 Å². The second kappa shape index (κ2) is 10.8. The molecule has 0 unspecified atom stereocenters. The highest BCUT2D eigenvalue weighted by atomic mass is 16.5. The first-order valence-electron chi connectivity index (χ1n) is 12.9. The molecule has 2 aliphatic rings. The number of nitrogens with zero attached hydrogens (tertiary/aromatic N) is 4. The number of hydrogen-bond acceptors (Lipinski definition) is 5. The molecular formula is C30H33N5O. The Hall–Kier alpha value is -3.82. The minimum atomic E-state index is 0.566. The third kappa shape index (κ3) is 4.93. The molecule has 0 saturated carbocycles. The van der Waals surface area contributed by atoms with Gasteiger partial charge in [-0.15, -0.1) is 0 Å². The Morgan fingerprint density at radius 1 is 1.08 bits per heavy atom. The van der Waals surface area contributed by atoms with Crippen LogP contribution < -0.4 is 4.90 Å². The van der Waals surface area contributed by atoms with Crippen LogP contribution in [0.2, 0.25) is 0 Å². The lowest BCUT2D eigenvalue weighted by Crippen LogP contribution is -2.36. The number of nitriles is 1. The lowest BCUT2D eigenvalue weighted by molar-refractivity contribution is 0.0547. The van der Waals surface area contributed by atoms with Gasteiger partial charge in [0.1, 0.15) is 11.9 Å². The highest BCUT2D eigenvalue weighted by Gasteiger charge is 2.26. The Bertz CT molecular complexity index is 1310. The predicted octanol–water partition coefficient (Wildman–Crippen LogP) is 5.78. The quantitative estimate of drug-likeness (QED) is 0.435. The van der Waals surface area contributed by atoms with Crippen LogP contribution in [0.25, 0.3) is 22.7 Å². The number of fused-ring (bicyclic) bond motifs is 1. The first kappa shape index (κ1) is 23.9. The third-order valence-corrected chi connectivity index (χ3v) is 7.05. The van der Waals surface area contributed by atoms with E-state index in [9.17, 15) is 5.26 Å². The van der Waals surface area contributed by atoms with E-state index in [1.54, 1.807) is 0 Å². The summed E-state index contributed by atoms with van der Waals surface area (Å²) in [7, 11) is 0. The zero-order valence-electron chi connectivity index (χ0n) is 21.1. The summed E-state index contributed by atoms with van der Waals surface area (Å²) in [5, 5.41) is 10.0. The Balaban J connectivity index is 1.52. The average molecular weight is 480 g/mol. The van der Waals surface area contributed by atoms with Gasteiger partial charge in [-0.1, -0.05) is 24.3 Å². The van der Waals surface area contributed by atoms with E-state index in [0.717, 1.165) is 63.3 Å². The molecule has 1 aromatic heterocycles. The van der Waals surface area contributed by atoms with Crippen LogP contribution in [0.1, 0.15) is 38.1 Å². The third-order valence-electron chi connectivity index (χ3n) is 7.05. The standard InChI is InChI=1S/C30H33N5O/c1-3-34(4-2)26-13-9-22(10-14-26)19-23-11-12-24(29(23)35-15-17-36-18-16-35)20-25(21-31)30-32-27-7-5-6-8-28(27)33-30/h5-10,13-14,19-20H,3-4,11-12,15-18H2,1-2H3,(H,32,33). The number of ether oxygens (including phenoxy) is 1. The van der Waals surface area contributed by atoms with Gasteiger partial charge < -0.3 is 19.5 Å². The summed E-state index contributed by atoms with van der Waals surface area (Å²) in [6.45, 7) is 9.54. The Labute approximate surface area is 213 Å². The van der Waals surface area contributed by atoms with Crippen molar-refractivity contribution in [2.24, 2.45) is 0 Å². The van der Waals surface area contributed by atoms with Gasteiger partial charge >= 0.3 is 0 Å². The number of allylic oxidation sites excluding steroid dienone is 4. The number of para-hydroxylation sites is 2. The van der Waals surface area contributed by atoms with Crippen LogP contribution in [0.4, 0.5) is 5.69 Å². The molecule has 36 heavy (non-hydrogen) atoms. The van der Waals surface area contributed by atoms with E-state index in [1.807, 2.05) is 30.3 Å². The molecule has 184 valence electrons. The summed E-state index contributed by atoms with van der Waals surface area (Å²) in [6.07, 6.45) is 6.20. The topological polar surface area (TPSA) is 68.2 Å². The van der Waals surface area contributed by atoms with Crippen molar-refractivity contribution in [1.82, 2.24) is 14.9 Å². The van der Waals surface area contributed by atoms with E-state index >= 15 is 0 Å². The largest absolute Gasteiger partial charge is 0.378 e. The summed E-state index contributed by atoms with van der Waals surface area (Å²) in [4.78, 5) is 12.8. The van der Waals surface area contributed by atoms with Crippen molar-refractivity contribution in [2.45, 2.75) is 26.7 Å². The molecule has 6 nitrogen and oxygen atoms in total.